The van der Waals surface area contributed by atoms with E-state index >= 15 is 0 Å². The SMILES string of the molecule is CCN(CC(=O)N[C@@H]1CCCc2ccccc21)S(=O)(=O)c1cc(Cl)ccc1Cl. The lowest BCUT2D eigenvalue weighted by atomic mass is 9.88. The lowest BCUT2D eigenvalue weighted by molar-refractivity contribution is -0.122. The van der Waals surface area contributed by atoms with E-state index in [1.165, 1.54) is 23.8 Å². The zero-order valence-electron chi connectivity index (χ0n) is 15.5. The van der Waals surface area contributed by atoms with Crippen molar-refractivity contribution in [2.24, 2.45) is 0 Å². The molecular formula is C20H22Cl2N2O3S. The van der Waals surface area contributed by atoms with E-state index in [9.17, 15) is 13.2 Å². The summed E-state index contributed by atoms with van der Waals surface area (Å²) in [5, 5.41) is 3.32. The number of halogens is 2. The van der Waals surface area contributed by atoms with Gasteiger partial charge in [-0.3, -0.25) is 4.79 Å². The molecule has 1 N–H and O–H groups in total. The average molecular weight is 441 g/mol. The Morgan fingerprint density at radius 1 is 1.21 bits per heavy atom. The molecule has 0 spiro atoms. The second kappa shape index (κ2) is 8.82. The molecule has 150 valence electrons. The average Bonchev–Trinajstić information content (AvgIpc) is 2.68. The Bertz CT molecular complexity index is 979. The van der Waals surface area contributed by atoms with E-state index in [-0.39, 0.29) is 40.0 Å². The Hall–Kier alpha value is -1.60. The van der Waals surface area contributed by atoms with Crippen molar-refractivity contribution in [2.75, 3.05) is 13.1 Å². The highest BCUT2D eigenvalue weighted by Crippen LogP contribution is 2.30. The normalized spacial score (nSPS) is 16.6. The van der Waals surface area contributed by atoms with E-state index in [0.29, 0.717) is 0 Å². The van der Waals surface area contributed by atoms with Crippen molar-refractivity contribution in [1.82, 2.24) is 9.62 Å². The Balaban J connectivity index is 1.76. The van der Waals surface area contributed by atoms with Gasteiger partial charge in [0.25, 0.3) is 0 Å². The van der Waals surface area contributed by atoms with Crippen LogP contribution in [0.5, 0.6) is 0 Å². The van der Waals surface area contributed by atoms with Gasteiger partial charge in [-0.05, 0) is 48.6 Å². The van der Waals surface area contributed by atoms with Crippen LogP contribution in [-0.4, -0.2) is 31.7 Å². The maximum absolute atomic E-state index is 13.0. The molecule has 5 nitrogen and oxygen atoms in total. The molecule has 1 aliphatic rings. The van der Waals surface area contributed by atoms with E-state index in [4.69, 9.17) is 23.2 Å². The van der Waals surface area contributed by atoms with Gasteiger partial charge in [0, 0.05) is 11.6 Å². The monoisotopic (exact) mass is 440 g/mol. The molecule has 1 amide bonds. The van der Waals surface area contributed by atoms with Crippen molar-refractivity contribution in [2.45, 2.75) is 37.1 Å². The Kier molecular flexibility index (Phi) is 6.65. The van der Waals surface area contributed by atoms with Crippen LogP contribution < -0.4 is 5.32 Å². The third-order valence-corrected chi connectivity index (χ3v) is 7.53. The second-order valence-corrected chi connectivity index (χ2v) is 9.47. The second-order valence-electron chi connectivity index (χ2n) is 6.72. The number of hydrogen-bond acceptors (Lipinski definition) is 3. The molecule has 0 aliphatic heterocycles. The molecule has 0 bridgehead atoms. The summed E-state index contributed by atoms with van der Waals surface area (Å²) in [5.74, 6) is -0.342. The Labute approximate surface area is 175 Å². The smallest absolute Gasteiger partial charge is 0.245 e. The topological polar surface area (TPSA) is 66.5 Å². The van der Waals surface area contributed by atoms with Crippen LogP contribution in [0.2, 0.25) is 10.0 Å². The summed E-state index contributed by atoms with van der Waals surface area (Å²) in [6.07, 6.45) is 2.81. The van der Waals surface area contributed by atoms with Crippen LogP contribution in [0.25, 0.3) is 0 Å². The zero-order chi connectivity index (χ0) is 20.3. The van der Waals surface area contributed by atoms with Gasteiger partial charge in [-0.15, -0.1) is 0 Å². The number of nitrogens with zero attached hydrogens (tertiary/aromatic N) is 1. The van der Waals surface area contributed by atoms with Crippen molar-refractivity contribution in [3.05, 3.63) is 63.6 Å². The summed E-state index contributed by atoms with van der Waals surface area (Å²) in [5.41, 5.74) is 2.33. The van der Waals surface area contributed by atoms with Crippen LogP contribution in [0.15, 0.2) is 47.4 Å². The molecule has 1 atom stereocenters. The van der Waals surface area contributed by atoms with Gasteiger partial charge in [0.1, 0.15) is 4.90 Å². The van der Waals surface area contributed by atoms with Crippen LogP contribution in [0.1, 0.15) is 36.9 Å². The van der Waals surface area contributed by atoms with Gasteiger partial charge in [-0.2, -0.15) is 4.31 Å². The van der Waals surface area contributed by atoms with Crippen LogP contribution in [0, 0.1) is 0 Å². The highest BCUT2D eigenvalue weighted by atomic mass is 35.5. The molecule has 0 unspecified atom stereocenters. The molecule has 0 saturated carbocycles. The maximum atomic E-state index is 13.0. The summed E-state index contributed by atoms with van der Waals surface area (Å²) in [6.45, 7) is 1.54. The molecule has 2 aromatic rings. The molecule has 0 radical (unpaired) electrons. The number of carbonyl (C=O) groups is 1. The van der Waals surface area contributed by atoms with Crippen LogP contribution in [0.3, 0.4) is 0 Å². The van der Waals surface area contributed by atoms with Crippen molar-refractivity contribution in [1.29, 1.82) is 0 Å². The number of benzene rings is 2. The number of fused-ring (bicyclic) bond motifs is 1. The largest absolute Gasteiger partial charge is 0.348 e. The first-order valence-corrected chi connectivity index (χ1v) is 11.3. The number of likely N-dealkylation sites (N-methyl/N-ethyl adjacent to an activating group) is 1. The quantitative estimate of drug-likeness (QED) is 0.731. The molecule has 2 aromatic carbocycles. The number of aryl methyl sites for hydroxylation is 1. The standard InChI is InChI=1S/C20H22Cl2N2O3S/c1-2-24(28(26,27)19-12-15(21)10-11-17(19)22)13-20(25)23-18-9-5-7-14-6-3-4-8-16(14)18/h3-4,6,8,10-12,18H,2,5,7,9,13H2,1H3,(H,23,25)/t18-/m1/s1. The number of nitrogens with one attached hydrogen (secondary N) is 1. The molecule has 0 saturated heterocycles. The predicted molar refractivity (Wildman–Crippen MR) is 111 cm³/mol. The molecule has 0 heterocycles. The number of amides is 1. The van der Waals surface area contributed by atoms with Gasteiger partial charge in [0.15, 0.2) is 0 Å². The highest BCUT2D eigenvalue weighted by Gasteiger charge is 2.29. The number of rotatable bonds is 6. The van der Waals surface area contributed by atoms with Gasteiger partial charge in [0.2, 0.25) is 15.9 Å². The minimum absolute atomic E-state index is 0.0736. The highest BCUT2D eigenvalue weighted by molar-refractivity contribution is 7.89. The molecule has 3 rings (SSSR count). The molecule has 0 aromatic heterocycles. The molecule has 0 fully saturated rings. The van der Waals surface area contributed by atoms with Crippen molar-refractivity contribution < 1.29 is 13.2 Å². The lowest BCUT2D eigenvalue weighted by Crippen LogP contribution is -2.42. The first-order chi connectivity index (χ1) is 13.3. The minimum atomic E-state index is -3.94. The van der Waals surface area contributed by atoms with Gasteiger partial charge in [0.05, 0.1) is 17.6 Å². The summed E-state index contributed by atoms with van der Waals surface area (Å²) >= 11 is 12.0. The summed E-state index contributed by atoms with van der Waals surface area (Å²) in [4.78, 5) is 12.5. The summed E-state index contributed by atoms with van der Waals surface area (Å²) in [7, 11) is -3.94. The molecule has 1 aliphatic carbocycles. The molecule has 8 heteroatoms. The zero-order valence-corrected chi connectivity index (χ0v) is 17.8. The fraction of sp³-hybridized carbons (Fsp3) is 0.350. The van der Waals surface area contributed by atoms with E-state index in [1.807, 2.05) is 18.2 Å². The third-order valence-electron chi connectivity index (χ3n) is 4.89. The van der Waals surface area contributed by atoms with Crippen molar-refractivity contribution in [3.8, 4) is 0 Å². The van der Waals surface area contributed by atoms with Gasteiger partial charge in [-0.25, -0.2) is 8.42 Å². The summed E-state index contributed by atoms with van der Waals surface area (Å²) < 4.78 is 27.0. The van der Waals surface area contributed by atoms with E-state index < -0.39 is 10.0 Å². The number of sulfonamides is 1. The number of hydrogen-bond donors (Lipinski definition) is 1. The first-order valence-electron chi connectivity index (χ1n) is 9.15. The Morgan fingerprint density at radius 3 is 2.71 bits per heavy atom. The van der Waals surface area contributed by atoms with E-state index in [1.54, 1.807) is 6.92 Å². The maximum Gasteiger partial charge on any atom is 0.245 e. The fourth-order valence-corrected chi connectivity index (χ4v) is 5.63. The van der Waals surface area contributed by atoms with Crippen LogP contribution in [0.4, 0.5) is 0 Å². The molecule has 28 heavy (non-hydrogen) atoms. The predicted octanol–water partition coefficient (Wildman–Crippen LogP) is 4.20. The van der Waals surface area contributed by atoms with Crippen molar-refractivity contribution >= 4 is 39.1 Å². The molecular weight excluding hydrogens is 419 g/mol. The van der Waals surface area contributed by atoms with Gasteiger partial charge >= 0.3 is 0 Å². The van der Waals surface area contributed by atoms with Crippen molar-refractivity contribution in [3.63, 3.8) is 0 Å². The van der Waals surface area contributed by atoms with Crippen LogP contribution >= 0.6 is 23.2 Å². The third kappa shape index (κ3) is 4.51. The summed E-state index contributed by atoms with van der Waals surface area (Å²) in [6, 6.07) is 12.2. The number of carbonyl (C=O) groups excluding carboxylic acids is 1. The van der Waals surface area contributed by atoms with Gasteiger partial charge in [-0.1, -0.05) is 54.4 Å². The minimum Gasteiger partial charge on any atom is -0.348 e. The Morgan fingerprint density at radius 2 is 1.96 bits per heavy atom. The fourth-order valence-electron chi connectivity index (χ4n) is 3.48. The first kappa shape index (κ1) is 21.1. The van der Waals surface area contributed by atoms with E-state index in [2.05, 4.69) is 11.4 Å². The van der Waals surface area contributed by atoms with E-state index in [0.717, 1.165) is 29.1 Å². The lowest BCUT2D eigenvalue weighted by Gasteiger charge is -2.27. The van der Waals surface area contributed by atoms with Gasteiger partial charge < -0.3 is 5.32 Å². The van der Waals surface area contributed by atoms with Crippen LogP contribution in [-0.2, 0) is 21.2 Å².